The normalized spacial score (nSPS) is 12.2. The van der Waals surface area contributed by atoms with E-state index in [1.165, 1.54) is 17.6 Å². The number of aliphatic hydroxyl groups excluding tert-OH is 1. The van der Waals surface area contributed by atoms with E-state index in [-0.39, 0.29) is 30.0 Å². The van der Waals surface area contributed by atoms with Crippen molar-refractivity contribution >= 4 is 28.2 Å². The minimum Gasteiger partial charge on any atom is -0.459 e. The molecular weight excluding hydrogens is 316 g/mol. The van der Waals surface area contributed by atoms with Crippen molar-refractivity contribution in [3.8, 4) is 0 Å². The number of hydrogen-bond acceptors (Lipinski definition) is 5. The average molecular weight is 336 g/mol. The number of hydrogen-bond donors (Lipinski definition) is 3. The van der Waals surface area contributed by atoms with Gasteiger partial charge in [0.25, 0.3) is 11.8 Å². The predicted molar refractivity (Wildman–Crippen MR) is 88.9 cm³/mol. The molecule has 124 valence electrons. The number of carbonyl (C=O) groups excluding carboxylic acids is 2. The molecule has 0 aromatic carbocycles. The molecule has 0 aliphatic carbocycles. The lowest BCUT2D eigenvalue weighted by Gasteiger charge is -2.14. The quantitative estimate of drug-likeness (QED) is 0.756. The minimum absolute atomic E-state index is 0.0721. The maximum Gasteiger partial charge on any atom is 0.291 e. The van der Waals surface area contributed by atoms with Crippen molar-refractivity contribution in [2.75, 3.05) is 11.9 Å². The Morgan fingerprint density at radius 3 is 2.70 bits per heavy atom. The fraction of sp³-hybridized carbons (Fsp3) is 0.375. The van der Waals surface area contributed by atoms with E-state index in [2.05, 4.69) is 10.6 Å². The Morgan fingerprint density at radius 1 is 1.35 bits per heavy atom. The Kier molecular flexibility index (Phi) is 5.57. The number of carbonyl (C=O) groups is 2. The van der Waals surface area contributed by atoms with Crippen LogP contribution in [0.2, 0.25) is 0 Å². The first-order chi connectivity index (χ1) is 10.9. The molecule has 0 spiro atoms. The number of amides is 2. The molecule has 0 fully saturated rings. The molecule has 23 heavy (non-hydrogen) atoms. The number of anilines is 1. The van der Waals surface area contributed by atoms with Gasteiger partial charge in [-0.05, 0) is 36.6 Å². The van der Waals surface area contributed by atoms with Crippen LogP contribution < -0.4 is 10.6 Å². The number of thiophene rings is 1. The van der Waals surface area contributed by atoms with Gasteiger partial charge < -0.3 is 20.2 Å². The first-order valence-corrected chi connectivity index (χ1v) is 8.11. The molecule has 0 saturated carbocycles. The zero-order chi connectivity index (χ0) is 17.0. The van der Waals surface area contributed by atoms with Crippen LogP contribution in [0.5, 0.6) is 0 Å². The molecule has 0 aliphatic heterocycles. The van der Waals surface area contributed by atoms with Crippen LogP contribution in [0.15, 0.2) is 28.9 Å². The van der Waals surface area contributed by atoms with Crippen LogP contribution >= 0.6 is 11.3 Å². The third kappa shape index (κ3) is 4.43. The van der Waals surface area contributed by atoms with Crippen molar-refractivity contribution in [3.05, 3.63) is 40.7 Å². The van der Waals surface area contributed by atoms with E-state index < -0.39 is 6.10 Å². The molecule has 2 rings (SSSR count). The fourth-order valence-corrected chi connectivity index (χ4v) is 2.85. The van der Waals surface area contributed by atoms with Gasteiger partial charge >= 0.3 is 0 Å². The molecule has 2 heterocycles. The lowest BCUT2D eigenvalue weighted by Crippen LogP contribution is -2.34. The zero-order valence-corrected chi connectivity index (χ0v) is 14.1. The molecule has 2 aromatic heterocycles. The molecule has 0 saturated heterocycles. The highest BCUT2D eigenvalue weighted by atomic mass is 32.1. The van der Waals surface area contributed by atoms with E-state index >= 15 is 0 Å². The van der Waals surface area contributed by atoms with Crippen LogP contribution in [0.1, 0.15) is 39.6 Å². The van der Waals surface area contributed by atoms with E-state index in [9.17, 15) is 14.7 Å². The molecule has 0 aliphatic rings. The van der Waals surface area contributed by atoms with E-state index in [0.717, 1.165) is 5.56 Å². The van der Waals surface area contributed by atoms with Gasteiger partial charge in [0.1, 0.15) is 0 Å². The lowest BCUT2D eigenvalue weighted by atomic mass is 10.1. The number of rotatable bonds is 6. The van der Waals surface area contributed by atoms with Crippen LogP contribution in [0.4, 0.5) is 5.00 Å². The molecule has 0 radical (unpaired) electrons. The number of aliphatic hydroxyl groups is 1. The van der Waals surface area contributed by atoms with E-state index in [1.807, 2.05) is 13.8 Å². The summed E-state index contributed by atoms with van der Waals surface area (Å²) in [7, 11) is 0. The van der Waals surface area contributed by atoms with Crippen molar-refractivity contribution < 1.29 is 19.1 Å². The molecule has 1 atom stereocenters. The standard InChI is InChI=1S/C16H20N2O4S/c1-9(2)11(19)8-17-16(21)14-10(3)7-13(23-14)18-15(20)12-5-4-6-22-12/h4-7,9,11,19H,8H2,1-3H3,(H,17,21)(H,18,20). The Morgan fingerprint density at radius 2 is 2.09 bits per heavy atom. The predicted octanol–water partition coefficient (Wildman–Crippen LogP) is 2.65. The van der Waals surface area contributed by atoms with E-state index in [0.29, 0.717) is 9.88 Å². The summed E-state index contributed by atoms with van der Waals surface area (Å²) in [5.41, 5.74) is 0.765. The maximum atomic E-state index is 12.2. The first kappa shape index (κ1) is 17.2. The van der Waals surface area contributed by atoms with Gasteiger partial charge in [0.15, 0.2) is 5.76 Å². The monoisotopic (exact) mass is 336 g/mol. The zero-order valence-electron chi connectivity index (χ0n) is 13.3. The summed E-state index contributed by atoms with van der Waals surface area (Å²) in [6, 6.07) is 4.93. The summed E-state index contributed by atoms with van der Waals surface area (Å²) in [5.74, 6) is -0.339. The van der Waals surface area contributed by atoms with Crippen LogP contribution in [0, 0.1) is 12.8 Å². The van der Waals surface area contributed by atoms with Crippen LogP contribution in [0.3, 0.4) is 0 Å². The van der Waals surface area contributed by atoms with Crippen molar-refractivity contribution in [2.24, 2.45) is 5.92 Å². The summed E-state index contributed by atoms with van der Waals surface area (Å²) in [6.07, 6.45) is 0.838. The van der Waals surface area contributed by atoms with E-state index in [4.69, 9.17) is 4.42 Å². The highest BCUT2D eigenvalue weighted by molar-refractivity contribution is 7.18. The van der Waals surface area contributed by atoms with Gasteiger partial charge in [-0.1, -0.05) is 13.8 Å². The van der Waals surface area contributed by atoms with Crippen molar-refractivity contribution in [3.63, 3.8) is 0 Å². The summed E-state index contributed by atoms with van der Waals surface area (Å²) in [4.78, 5) is 24.6. The molecule has 3 N–H and O–H groups in total. The second-order valence-electron chi connectivity index (χ2n) is 5.58. The van der Waals surface area contributed by atoms with Gasteiger partial charge in [-0.2, -0.15) is 0 Å². The summed E-state index contributed by atoms with van der Waals surface area (Å²) < 4.78 is 5.02. The Hall–Kier alpha value is -2.12. The van der Waals surface area contributed by atoms with Crippen molar-refractivity contribution in [1.29, 1.82) is 0 Å². The second kappa shape index (κ2) is 7.43. The molecular formula is C16H20N2O4S. The Balaban J connectivity index is 2.00. The van der Waals surface area contributed by atoms with Gasteiger partial charge in [-0.25, -0.2) is 0 Å². The number of nitrogens with one attached hydrogen (secondary N) is 2. The topological polar surface area (TPSA) is 91.6 Å². The van der Waals surface area contributed by atoms with Gasteiger partial charge in [-0.3, -0.25) is 9.59 Å². The minimum atomic E-state index is -0.586. The third-order valence-electron chi connectivity index (χ3n) is 3.35. The van der Waals surface area contributed by atoms with Crippen LogP contribution in [0.25, 0.3) is 0 Å². The lowest BCUT2D eigenvalue weighted by molar-refractivity contribution is 0.0874. The fourth-order valence-electron chi connectivity index (χ4n) is 1.86. The number of aryl methyl sites for hydroxylation is 1. The largest absolute Gasteiger partial charge is 0.459 e. The van der Waals surface area contributed by atoms with Gasteiger partial charge in [0.2, 0.25) is 0 Å². The number of furan rings is 1. The van der Waals surface area contributed by atoms with Crippen LogP contribution in [-0.2, 0) is 0 Å². The molecule has 1 unspecified atom stereocenters. The smallest absolute Gasteiger partial charge is 0.291 e. The highest BCUT2D eigenvalue weighted by Crippen LogP contribution is 2.27. The molecule has 2 amide bonds. The maximum absolute atomic E-state index is 12.2. The third-order valence-corrected chi connectivity index (χ3v) is 4.50. The van der Waals surface area contributed by atoms with E-state index in [1.54, 1.807) is 25.1 Å². The SMILES string of the molecule is Cc1cc(NC(=O)c2ccco2)sc1C(=O)NCC(O)C(C)C. The van der Waals surface area contributed by atoms with Crippen molar-refractivity contribution in [2.45, 2.75) is 26.9 Å². The van der Waals surface area contributed by atoms with Crippen molar-refractivity contribution in [1.82, 2.24) is 5.32 Å². The average Bonchev–Trinajstić information content (AvgIpc) is 3.14. The Labute approximate surface area is 138 Å². The van der Waals surface area contributed by atoms with Gasteiger partial charge in [0.05, 0.1) is 22.2 Å². The highest BCUT2D eigenvalue weighted by Gasteiger charge is 2.18. The Bertz CT molecular complexity index is 676. The summed E-state index contributed by atoms with van der Waals surface area (Å²) in [5, 5.41) is 15.7. The van der Waals surface area contributed by atoms with Gasteiger partial charge in [-0.15, -0.1) is 11.3 Å². The molecule has 0 bridgehead atoms. The summed E-state index contributed by atoms with van der Waals surface area (Å²) in [6.45, 7) is 5.76. The van der Waals surface area contributed by atoms with Gasteiger partial charge in [0, 0.05) is 6.54 Å². The molecule has 2 aromatic rings. The first-order valence-electron chi connectivity index (χ1n) is 7.30. The second-order valence-corrected chi connectivity index (χ2v) is 6.63. The summed E-state index contributed by atoms with van der Waals surface area (Å²) >= 11 is 1.19. The van der Waals surface area contributed by atoms with Crippen LogP contribution in [-0.4, -0.2) is 29.6 Å². The molecule has 7 heteroatoms. The molecule has 6 nitrogen and oxygen atoms in total.